The van der Waals surface area contributed by atoms with E-state index in [1.165, 1.54) is 6.42 Å². The Morgan fingerprint density at radius 2 is 1.80 bits per heavy atom. The van der Waals surface area contributed by atoms with Crippen LogP contribution in [0.4, 0.5) is 0 Å². The van der Waals surface area contributed by atoms with Gasteiger partial charge >= 0.3 is 0 Å². The van der Waals surface area contributed by atoms with Crippen LogP contribution in [0.15, 0.2) is 42.6 Å². The second-order valence-corrected chi connectivity index (χ2v) is 5.21. The molecule has 0 N–H and O–H groups in total. The normalized spacial score (nSPS) is 15.3. The fraction of sp³-hybridized carbons (Fsp3) is 0.375. The summed E-state index contributed by atoms with van der Waals surface area (Å²) < 4.78 is 1.74. The Morgan fingerprint density at radius 3 is 2.55 bits per heavy atom. The molecule has 4 heteroatoms. The molecule has 1 aromatic carbocycles. The number of hydrogen-bond acceptors (Lipinski definition) is 2. The van der Waals surface area contributed by atoms with E-state index >= 15 is 0 Å². The molecule has 1 aliphatic rings. The summed E-state index contributed by atoms with van der Waals surface area (Å²) in [6.45, 7) is 2.13. The Morgan fingerprint density at radius 1 is 1.05 bits per heavy atom. The van der Waals surface area contributed by atoms with E-state index in [4.69, 9.17) is 0 Å². The van der Waals surface area contributed by atoms with Crippen molar-refractivity contribution in [1.82, 2.24) is 14.7 Å². The van der Waals surface area contributed by atoms with E-state index in [2.05, 4.69) is 5.10 Å². The van der Waals surface area contributed by atoms with Crippen LogP contribution in [0.5, 0.6) is 0 Å². The van der Waals surface area contributed by atoms with Gasteiger partial charge in [0, 0.05) is 24.8 Å². The minimum absolute atomic E-state index is 0.174. The standard InChI is InChI=1S/C16H19N3O/c20-16(18-10-5-2-6-11-18)13-19-12-9-15(17-19)14-7-3-1-4-8-14/h1,3-4,7-9,12H,2,5-6,10-11,13H2. The van der Waals surface area contributed by atoms with Gasteiger partial charge in [0.15, 0.2) is 0 Å². The Bertz CT molecular complexity index is 570. The zero-order valence-corrected chi connectivity index (χ0v) is 11.5. The minimum atomic E-state index is 0.174. The van der Waals surface area contributed by atoms with E-state index in [9.17, 15) is 4.79 Å². The Labute approximate surface area is 119 Å². The average Bonchev–Trinajstić information content (AvgIpc) is 2.97. The predicted octanol–water partition coefficient (Wildman–Crippen LogP) is 2.56. The summed E-state index contributed by atoms with van der Waals surface area (Å²) in [7, 11) is 0. The van der Waals surface area contributed by atoms with Crippen LogP contribution >= 0.6 is 0 Å². The van der Waals surface area contributed by atoms with Gasteiger partial charge in [0.2, 0.25) is 5.91 Å². The van der Waals surface area contributed by atoms with Crippen LogP contribution in [-0.2, 0) is 11.3 Å². The molecule has 20 heavy (non-hydrogen) atoms. The summed E-state index contributed by atoms with van der Waals surface area (Å²) in [4.78, 5) is 14.1. The first-order chi connectivity index (χ1) is 9.83. The third-order valence-electron chi connectivity index (χ3n) is 3.72. The lowest BCUT2D eigenvalue weighted by Gasteiger charge is -2.26. The highest BCUT2D eigenvalue weighted by atomic mass is 16.2. The molecular weight excluding hydrogens is 250 g/mol. The maximum Gasteiger partial charge on any atom is 0.244 e. The molecule has 0 unspecified atom stereocenters. The number of aromatic nitrogens is 2. The summed E-state index contributed by atoms with van der Waals surface area (Å²) in [5.41, 5.74) is 1.99. The molecule has 2 heterocycles. The third-order valence-corrected chi connectivity index (χ3v) is 3.72. The maximum absolute atomic E-state index is 12.2. The van der Waals surface area contributed by atoms with Gasteiger partial charge in [-0.1, -0.05) is 30.3 Å². The fourth-order valence-electron chi connectivity index (χ4n) is 2.59. The van der Waals surface area contributed by atoms with Gasteiger partial charge in [-0.05, 0) is 25.3 Å². The highest BCUT2D eigenvalue weighted by molar-refractivity contribution is 5.76. The molecule has 0 radical (unpaired) electrons. The fourth-order valence-corrected chi connectivity index (χ4v) is 2.59. The summed E-state index contributed by atoms with van der Waals surface area (Å²) in [6.07, 6.45) is 5.37. The second kappa shape index (κ2) is 5.90. The number of piperidine rings is 1. The van der Waals surface area contributed by atoms with E-state index in [-0.39, 0.29) is 5.91 Å². The lowest BCUT2D eigenvalue weighted by molar-refractivity contribution is -0.132. The Kier molecular flexibility index (Phi) is 3.81. The number of carbonyl (C=O) groups is 1. The summed E-state index contributed by atoms with van der Waals surface area (Å²) in [5.74, 6) is 0.174. The van der Waals surface area contributed by atoms with Crippen LogP contribution in [-0.4, -0.2) is 33.7 Å². The lowest BCUT2D eigenvalue weighted by atomic mass is 10.1. The molecule has 1 aromatic heterocycles. The SMILES string of the molecule is O=C(Cn1ccc(-c2ccccc2)n1)N1CCCCC1. The molecule has 0 spiro atoms. The van der Waals surface area contributed by atoms with Crippen LogP contribution in [0.1, 0.15) is 19.3 Å². The van der Waals surface area contributed by atoms with Crippen molar-refractivity contribution in [3.8, 4) is 11.3 Å². The van der Waals surface area contributed by atoms with Crippen molar-refractivity contribution in [3.63, 3.8) is 0 Å². The highest BCUT2D eigenvalue weighted by Gasteiger charge is 2.17. The summed E-state index contributed by atoms with van der Waals surface area (Å²) in [5, 5.41) is 4.48. The molecule has 3 rings (SSSR count). The number of hydrogen-bond donors (Lipinski definition) is 0. The molecule has 0 atom stereocenters. The molecule has 4 nitrogen and oxygen atoms in total. The number of rotatable bonds is 3. The average molecular weight is 269 g/mol. The van der Waals surface area contributed by atoms with Crippen LogP contribution in [0.2, 0.25) is 0 Å². The van der Waals surface area contributed by atoms with Crippen molar-refractivity contribution in [2.75, 3.05) is 13.1 Å². The van der Waals surface area contributed by atoms with Gasteiger partial charge in [-0.3, -0.25) is 9.48 Å². The van der Waals surface area contributed by atoms with Gasteiger partial charge in [0.1, 0.15) is 6.54 Å². The largest absolute Gasteiger partial charge is 0.341 e. The number of carbonyl (C=O) groups excluding carboxylic acids is 1. The Hall–Kier alpha value is -2.10. The lowest BCUT2D eigenvalue weighted by Crippen LogP contribution is -2.37. The molecular formula is C16H19N3O. The van der Waals surface area contributed by atoms with Gasteiger partial charge in [-0.15, -0.1) is 0 Å². The van der Waals surface area contributed by atoms with Gasteiger partial charge in [0.25, 0.3) is 0 Å². The first-order valence-electron chi connectivity index (χ1n) is 7.19. The summed E-state index contributed by atoms with van der Waals surface area (Å²) >= 11 is 0. The molecule has 2 aromatic rings. The van der Waals surface area contributed by atoms with E-state index in [1.54, 1.807) is 4.68 Å². The van der Waals surface area contributed by atoms with Gasteiger partial charge in [0.05, 0.1) is 5.69 Å². The molecule has 1 aliphatic heterocycles. The quantitative estimate of drug-likeness (QED) is 0.859. The second-order valence-electron chi connectivity index (χ2n) is 5.21. The van der Waals surface area contributed by atoms with Crippen molar-refractivity contribution in [2.45, 2.75) is 25.8 Å². The molecule has 1 saturated heterocycles. The summed E-state index contributed by atoms with van der Waals surface area (Å²) in [6, 6.07) is 12.0. The molecule has 0 saturated carbocycles. The highest BCUT2D eigenvalue weighted by Crippen LogP contribution is 2.16. The van der Waals surface area contributed by atoms with Crippen molar-refractivity contribution in [1.29, 1.82) is 0 Å². The van der Waals surface area contributed by atoms with Crippen molar-refractivity contribution in [2.24, 2.45) is 0 Å². The number of amides is 1. The molecule has 104 valence electrons. The smallest absolute Gasteiger partial charge is 0.244 e. The van der Waals surface area contributed by atoms with Crippen molar-refractivity contribution in [3.05, 3.63) is 42.6 Å². The van der Waals surface area contributed by atoms with E-state index in [0.29, 0.717) is 6.54 Å². The van der Waals surface area contributed by atoms with Crippen LogP contribution in [0.3, 0.4) is 0 Å². The van der Waals surface area contributed by atoms with Gasteiger partial charge in [-0.2, -0.15) is 5.10 Å². The minimum Gasteiger partial charge on any atom is -0.341 e. The zero-order valence-electron chi connectivity index (χ0n) is 11.5. The van der Waals surface area contributed by atoms with E-state index < -0.39 is 0 Å². The third kappa shape index (κ3) is 2.90. The van der Waals surface area contributed by atoms with E-state index in [0.717, 1.165) is 37.2 Å². The van der Waals surface area contributed by atoms with Crippen LogP contribution in [0, 0.1) is 0 Å². The maximum atomic E-state index is 12.2. The van der Waals surface area contributed by atoms with Crippen LogP contribution in [0.25, 0.3) is 11.3 Å². The molecule has 1 amide bonds. The molecule has 0 aliphatic carbocycles. The molecule has 0 bridgehead atoms. The zero-order chi connectivity index (χ0) is 13.8. The number of likely N-dealkylation sites (tertiary alicyclic amines) is 1. The Balaban J connectivity index is 1.66. The first kappa shape index (κ1) is 12.9. The number of benzene rings is 1. The van der Waals surface area contributed by atoms with Gasteiger partial charge < -0.3 is 4.90 Å². The monoisotopic (exact) mass is 269 g/mol. The van der Waals surface area contributed by atoms with Crippen molar-refractivity contribution < 1.29 is 4.79 Å². The number of nitrogens with zero attached hydrogens (tertiary/aromatic N) is 3. The van der Waals surface area contributed by atoms with Crippen molar-refractivity contribution >= 4 is 5.91 Å². The van der Waals surface area contributed by atoms with Crippen LogP contribution < -0.4 is 0 Å². The first-order valence-corrected chi connectivity index (χ1v) is 7.19. The van der Waals surface area contributed by atoms with E-state index in [1.807, 2.05) is 47.5 Å². The van der Waals surface area contributed by atoms with Gasteiger partial charge in [-0.25, -0.2) is 0 Å². The predicted molar refractivity (Wildman–Crippen MR) is 78.1 cm³/mol. The topological polar surface area (TPSA) is 38.1 Å². The molecule has 1 fully saturated rings.